The van der Waals surface area contributed by atoms with E-state index >= 15 is 0 Å². The van der Waals surface area contributed by atoms with Gasteiger partial charge in [0.2, 0.25) is 0 Å². The highest BCUT2D eigenvalue weighted by Crippen LogP contribution is 2.26. The summed E-state index contributed by atoms with van der Waals surface area (Å²) in [4.78, 5) is 9.01. The minimum Gasteiger partial charge on any atom is -0.260 e. The smallest absolute Gasteiger partial charge is 0.260 e. The second-order valence-electron chi connectivity index (χ2n) is 3.51. The molecule has 0 radical (unpaired) electrons. The van der Waals surface area contributed by atoms with Gasteiger partial charge in [-0.1, -0.05) is 6.92 Å². The third kappa shape index (κ3) is 3.53. The van der Waals surface area contributed by atoms with Crippen LogP contribution in [0.4, 0.5) is 5.82 Å². The van der Waals surface area contributed by atoms with Crippen LogP contribution in [-0.2, 0) is 16.4 Å². The number of hydrogen-bond acceptors (Lipinski definition) is 5. The van der Waals surface area contributed by atoms with Crippen LogP contribution in [0.2, 0.25) is 0 Å². The molecular weight excluding hydrogens is 418 g/mol. The van der Waals surface area contributed by atoms with Crippen LogP contribution in [0, 0.1) is 0 Å². The predicted molar refractivity (Wildman–Crippen MR) is 81.9 cm³/mol. The van der Waals surface area contributed by atoms with Gasteiger partial charge in [-0.25, -0.2) is 18.4 Å². The van der Waals surface area contributed by atoms with Crippen LogP contribution in [0.3, 0.4) is 0 Å². The molecule has 0 fully saturated rings. The van der Waals surface area contributed by atoms with Gasteiger partial charge in [-0.15, -0.1) is 11.3 Å². The Kier molecular flexibility index (Phi) is 4.59. The van der Waals surface area contributed by atoms with E-state index in [0.29, 0.717) is 9.21 Å². The van der Waals surface area contributed by atoms with Crippen molar-refractivity contribution in [3.63, 3.8) is 0 Å². The number of thiophene rings is 1. The van der Waals surface area contributed by atoms with Crippen LogP contribution < -0.4 is 4.72 Å². The summed E-state index contributed by atoms with van der Waals surface area (Å²) in [6, 6.07) is 3.40. The number of rotatable bonds is 4. The van der Waals surface area contributed by atoms with E-state index in [-0.39, 0.29) is 10.0 Å². The van der Waals surface area contributed by atoms with Gasteiger partial charge in [0.05, 0.1) is 6.20 Å². The third-order valence-electron chi connectivity index (χ3n) is 2.18. The lowest BCUT2D eigenvalue weighted by molar-refractivity contribution is 0.603. The Morgan fingerprint density at radius 2 is 2.11 bits per heavy atom. The molecule has 2 rings (SSSR count). The molecule has 2 aromatic heterocycles. The first-order valence-corrected chi connectivity index (χ1v) is 9.10. The largest absolute Gasteiger partial charge is 0.272 e. The minimum absolute atomic E-state index is 0.162. The average molecular weight is 427 g/mol. The van der Waals surface area contributed by atoms with E-state index in [1.54, 1.807) is 6.07 Å². The van der Waals surface area contributed by atoms with Crippen molar-refractivity contribution in [1.29, 1.82) is 0 Å². The maximum atomic E-state index is 12.2. The van der Waals surface area contributed by atoms with Gasteiger partial charge in [0.1, 0.15) is 8.81 Å². The summed E-state index contributed by atoms with van der Waals surface area (Å²) >= 11 is 7.56. The Morgan fingerprint density at radius 3 is 2.68 bits per heavy atom. The van der Waals surface area contributed by atoms with E-state index in [4.69, 9.17) is 0 Å². The first kappa shape index (κ1) is 14.9. The van der Waals surface area contributed by atoms with Crippen LogP contribution in [-0.4, -0.2) is 18.4 Å². The summed E-state index contributed by atoms with van der Waals surface area (Å²) in [5.41, 5.74) is 0. The van der Waals surface area contributed by atoms with Crippen molar-refractivity contribution in [1.82, 2.24) is 9.97 Å². The average Bonchev–Trinajstić information content (AvgIpc) is 2.82. The normalized spacial score (nSPS) is 11.5. The van der Waals surface area contributed by atoms with Gasteiger partial charge in [-0.05, 0) is 50.4 Å². The summed E-state index contributed by atoms with van der Waals surface area (Å²) in [6.45, 7) is 1.98. The van der Waals surface area contributed by atoms with Gasteiger partial charge in [0.25, 0.3) is 10.0 Å². The molecular formula is C10H9Br2N3O2S2. The van der Waals surface area contributed by atoms with Crippen LogP contribution in [0.5, 0.6) is 0 Å². The second kappa shape index (κ2) is 5.86. The number of sulfonamides is 1. The quantitative estimate of drug-likeness (QED) is 0.812. The van der Waals surface area contributed by atoms with Gasteiger partial charge < -0.3 is 0 Å². The van der Waals surface area contributed by atoms with E-state index in [9.17, 15) is 8.42 Å². The van der Waals surface area contributed by atoms with Crippen LogP contribution >= 0.6 is 43.2 Å². The lowest BCUT2D eigenvalue weighted by atomic mass is 10.4. The summed E-state index contributed by atoms with van der Waals surface area (Å²) in [7, 11) is -3.62. The molecule has 0 spiro atoms. The Hall–Kier alpha value is -0.510. The van der Waals surface area contributed by atoms with Crippen molar-refractivity contribution in [2.75, 3.05) is 4.72 Å². The van der Waals surface area contributed by atoms with Crippen molar-refractivity contribution in [2.45, 2.75) is 17.6 Å². The zero-order valence-corrected chi connectivity index (χ0v) is 14.5. The number of nitrogens with one attached hydrogen (secondary N) is 1. The Labute approximate surface area is 131 Å². The second-order valence-corrected chi connectivity index (χ2v) is 8.15. The van der Waals surface area contributed by atoms with Crippen molar-refractivity contribution in [3.05, 3.63) is 32.4 Å². The number of aromatic nitrogens is 2. The molecule has 1 N–H and O–H groups in total. The van der Waals surface area contributed by atoms with E-state index in [0.717, 1.165) is 11.3 Å². The molecule has 5 nitrogen and oxygen atoms in total. The summed E-state index contributed by atoms with van der Waals surface area (Å²) < 4.78 is 27.9. The SMILES string of the molecule is CCc1ccc(S(=O)(=O)Nc2ncc(Br)nc2Br)s1. The molecule has 19 heavy (non-hydrogen) atoms. The fourth-order valence-electron chi connectivity index (χ4n) is 1.29. The summed E-state index contributed by atoms with van der Waals surface area (Å²) in [5, 5.41) is 0. The zero-order chi connectivity index (χ0) is 14.0. The number of anilines is 1. The fraction of sp³-hybridized carbons (Fsp3) is 0.200. The lowest BCUT2D eigenvalue weighted by Crippen LogP contribution is -2.13. The van der Waals surface area contributed by atoms with Crippen molar-refractivity contribution >= 4 is 59.0 Å². The Morgan fingerprint density at radius 1 is 1.37 bits per heavy atom. The van der Waals surface area contributed by atoms with Crippen molar-refractivity contribution in [2.24, 2.45) is 0 Å². The molecule has 0 bridgehead atoms. The fourth-order valence-corrected chi connectivity index (χ4v) is 4.64. The molecule has 0 aliphatic carbocycles. The number of halogens is 2. The van der Waals surface area contributed by atoms with E-state index < -0.39 is 10.0 Å². The molecule has 0 saturated heterocycles. The predicted octanol–water partition coefficient (Wildman–Crippen LogP) is 3.43. The first-order chi connectivity index (χ1) is 8.92. The molecule has 9 heteroatoms. The molecule has 0 unspecified atom stereocenters. The highest BCUT2D eigenvalue weighted by Gasteiger charge is 2.19. The summed E-state index contributed by atoms with van der Waals surface area (Å²) in [5.74, 6) is 0.162. The highest BCUT2D eigenvalue weighted by molar-refractivity contribution is 9.11. The van der Waals surface area contributed by atoms with Gasteiger partial charge in [-0.3, -0.25) is 4.72 Å². The first-order valence-electron chi connectivity index (χ1n) is 5.22. The lowest BCUT2D eigenvalue weighted by Gasteiger charge is -2.06. The standard InChI is InChI=1S/C10H9Br2N3O2S2/c1-2-6-3-4-8(18-6)19(16,17)15-10-9(12)14-7(11)5-13-10/h3-5H,2H2,1H3,(H,13,15). The van der Waals surface area contributed by atoms with E-state index in [1.165, 1.54) is 17.5 Å². The maximum Gasteiger partial charge on any atom is 0.272 e. The molecule has 2 heterocycles. The highest BCUT2D eigenvalue weighted by atomic mass is 79.9. The molecule has 0 amide bonds. The molecule has 0 aliphatic heterocycles. The van der Waals surface area contributed by atoms with Gasteiger partial charge >= 0.3 is 0 Å². The topological polar surface area (TPSA) is 72.0 Å². The van der Waals surface area contributed by atoms with Crippen molar-refractivity contribution < 1.29 is 8.42 Å². The minimum atomic E-state index is -3.62. The zero-order valence-electron chi connectivity index (χ0n) is 9.72. The number of aryl methyl sites for hydroxylation is 1. The number of hydrogen-bond donors (Lipinski definition) is 1. The van der Waals surface area contributed by atoms with Gasteiger partial charge in [-0.2, -0.15) is 0 Å². The number of nitrogens with zero attached hydrogens (tertiary/aromatic N) is 2. The third-order valence-corrected chi connectivity index (χ3v) is 6.18. The van der Waals surface area contributed by atoms with Crippen LogP contribution in [0.1, 0.15) is 11.8 Å². The summed E-state index contributed by atoms with van der Waals surface area (Å²) in [6.07, 6.45) is 2.23. The molecule has 0 saturated carbocycles. The Bertz CT molecular complexity index is 701. The van der Waals surface area contributed by atoms with E-state index in [1.807, 2.05) is 13.0 Å². The molecule has 0 aromatic carbocycles. The van der Waals surface area contributed by atoms with Crippen molar-refractivity contribution in [3.8, 4) is 0 Å². The maximum absolute atomic E-state index is 12.2. The monoisotopic (exact) mass is 425 g/mol. The van der Waals surface area contributed by atoms with Gasteiger partial charge in [0.15, 0.2) is 10.4 Å². The van der Waals surface area contributed by atoms with E-state index in [2.05, 4.69) is 46.5 Å². The molecule has 0 aliphatic rings. The van der Waals surface area contributed by atoms with Crippen LogP contribution in [0.25, 0.3) is 0 Å². The molecule has 0 atom stereocenters. The van der Waals surface area contributed by atoms with Crippen LogP contribution in [0.15, 0.2) is 31.7 Å². The molecule has 2 aromatic rings. The Balaban J connectivity index is 2.30. The molecule has 102 valence electrons. The van der Waals surface area contributed by atoms with Gasteiger partial charge in [0, 0.05) is 4.88 Å².